The molecule has 1 saturated heterocycles. The summed E-state index contributed by atoms with van der Waals surface area (Å²) in [5, 5.41) is 22.9. The Bertz CT molecular complexity index is 2070. The van der Waals surface area contributed by atoms with Crippen LogP contribution in [0.3, 0.4) is 0 Å². The maximum atomic E-state index is 14.7. The number of carbonyl (C=O) groups excluding carboxylic acids is 3. The van der Waals surface area contributed by atoms with Crippen molar-refractivity contribution < 1.29 is 38.5 Å². The summed E-state index contributed by atoms with van der Waals surface area (Å²) in [6, 6.07) is 3.95. The number of ether oxygens (including phenoxy) is 3. The molecule has 4 fully saturated rings. The summed E-state index contributed by atoms with van der Waals surface area (Å²) >= 11 is 1.54. The van der Waals surface area contributed by atoms with E-state index in [0.29, 0.717) is 36.2 Å². The van der Waals surface area contributed by atoms with Crippen LogP contribution >= 0.6 is 11.3 Å². The fourth-order valence-electron chi connectivity index (χ4n) is 8.87. The predicted octanol–water partition coefficient (Wildman–Crippen LogP) is 6.23. The van der Waals surface area contributed by atoms with Crippen LogP contribution in [0.25, 0.3) is 22.3 Å². The highest BCUT2D eigenvalue weighted by Gasteiger charge is 2.61. The number of pyridine rings is 1. The maximum absolute atomic E-state index is 14.7. The smallest absolute Gasteiger partial charge is 0.408 e. The van der Waals surface area contributed by atoms with Gasteiger partial charge in [-0.15, -0.1) is 17.9 Å². The molecule has 2 aliphatic heterocycles. The van der Waals surface area contributed by atoms with Crippen molar-refractivity contribution in [2.75, 3.05) is 18.5 Å². The Hall–Kier alpha value is -4.92. The van der Waals surface area contributed by atoms with Crippen molar-refractivity contribution in [3.8, 4) is 22.9 Å². The Labute approximate surface area is 336 Å². The highest BCUT2D eigenvalue weighted by Crippen LogP contribution is 2.45. The quantitative estimate of drug-likeness (QED) is 0.153. The van der Waals surface area contributed by atoms with E-state index in [-0.39, 0.29) is 25.5 Å². The lowest BCUT2D eigenvalue weighted by Gasteiger charge is -2.35. The normalized spacial score (nSPS) is 25.1. The first-order valence-electron chi connectivity index (χ1n) is 20.3. The molecule has 304 valence electrons. The van der Waals surface area contributed by atoms with Crippen LogP contribution in [-0.4, -0.2) is 92.9 Å². The number of anilines is 1. The van der Waals surface area contributed by atoms with E-state index in [4.69, 9.17) is 24.2 Å². The minimum absolute atomic E-state index is 0.00711. The van der Waals surface area contributed by atoms with Crippen LogP contribution in [0.2, 0.25) is 0 Å². The van der Waals surface area contributed by atoms with Crippen molar-refractivity contribution in [2.45, 2.75) is 127 Å². The minimum Gasteiger partial charge on any atom is -0.493 e. The number of alkyl carbamates (subject to hydrolysis) is 1. The molecular formula is C42H52N6O8S. The molecule has 0 spiro atoms. The van der Waals surface area contributed by atoms with E-state index in [1.807, 2.05) is 44.4 Å². The van der Waals surface area contributed by atoms with Crippen molar-refractivity contribution in [3.63, 3.8) is 0 Å². The molecule has 5 atom stereocenters. The number of carboxylic acid groups (broad SMARTS) is 1. The SMILES string of the molecule is C=C[C@@H]1C[C@]1(NC(=O)[C@@H]1C[C@@H](Oc2cc(-c3csc(NC4CCCC4)n3)nc3c4c(ccc23)OCC4)CN1C(=O)[C@@H](NC(=O)OC1CCCC1)C(C)(C)C)C(=O)O. The zero-order valence-electron chi connectivity index (χ0n) is 32.8. The number of hydrogen-bond acceptors (Lipinski definition) is 11. The Balaban J connectivity index is 1.11. The van der Waals surface area contributed by atoms with Crippen LogP contribution in [0.15, 0.2) is 36.2 Å². The number of benzene rings is 1. The lowest BCUT2D eigenvalue weighted by molar-refractivity contribution is -0.146. The zero-order chi connectivity index (χ0) is 40.1. The largest absolute Gasteiger partial charge is 0.493 e. The highest BCUT2D eigenvalue weighted by atomic mass is 32.1. The van der Waals surface area contributed by atoms with Gasteiger partial charge < -0.3 is 40.2 Å². The summed E-state index contributed by atoms with van der Waals surface area (Å²) < 4.78 is 18.4. The molecule has 8 rings (SSSR count). The van der Waals surface area contributed by atoms with Gasteiger partial charge in [0.15, 0.2) is 5.13 Å². The Kier molecular flexibility index (Phi) is 10.5. The van der Waals surface area contributed by atoms with E-state index in [9.17, 15) is 24.3 Å². The third kappa shape index (κ3) is 7.86. The van der Waals surface area contributed by atoms with Gasteiger partial charge in [-0.05, 0) is 62.5 Å². The van der Waals surface area contributed by atoms with Crippen molar-refractivity contribution in [3.05, 3.63) is 41.8 Å². The zero-order valence-corrected chi connectivity index (χ0v) is 33.6. The van der Waals surface area contributed by atoms with Gasteiger partial charge >= 0.3 is 12.1 Å². The second kappa shape index (κ2) is 15.4. The number of nitrogens with zero attached hydrogens (tertiary/aromatic N) is 3. The van der Waals surface area contributed by atoms with Crippen LogP contribution < -0.4 is 25.4 Å². The molecule has 1 aromatic carbocycles. The van der Waals surface area contributed by atoms with Crippen LogP contribution in [0, 0.1) is 11.3 Å². The van der Waals surface area contributed by atoms with Crippen molar-refractivity contribution in [2.24, 2.45) is 11.3 Å². The molecule has 57 heavy (non-hydrogen) atoms. The molecule has 5 aliphatic rings. The number of aliphatic carboxylic acids is 1. The molecule has 3 amide bonds. The van der Waals surface area contributed by atoms with Crippen LogP contribution in [-0.2, 0) is 25.5 Å². The Morgan fingerprint density at radius 3 is 2.53 bits per heavy atom. The number of likely N-dealkylation sites (tertiary alicyclic amines) is 1. The molecule has 0 unspecified atom stereocenters. The van der Waals surface area contributed by atoms with Gasteiger partial charge in [0.1, 0.15) is 47.0 Å². The van der Waals surface area contributed by atoms with E-state index in [1.54, 1.807) is 0 Å². The van der Waals surface area contributed by atoms with E-state index < -0.39 is 58.9 Å². The monoisotopic (exact) mass is 800 g/mol. The van der Waals surface area contributed by atoms with Crippen molar-refractivity contribution in [1.82, 2.24) is 25.5 Å². The van der Waals surface area contributed by atoms with Gasteiger partial charge in [0.05, 0.1) is 24.4 Å². The second-order valence-corrected chi connectivity index (χ2v) is 18.1. The number of hydrogen-bond donors (Lipinski definition) is 4. The summed E-state index contributed by atoms with van der Waals surface area (Å²) in [5.41, 5.74) is 0.768. The predicted molar refractivity (Wildman–Crippen MR) is 214 cm³/mol. The lowest BCUT2D eigenvalue weighted by Crippen LogP contribution is -2.59. The van der Waals surface area contributed by atoms with E-state index in [1.165, 1.54) is 35.2 Å². The van der Waals surface area contributed by atoms with Crippen molar-refractivity contribution in [1.29, 1.82) is 0 Å². The maximum Gasteiger partial charge on any atom is 0.408 e. The van der Waals surface area contributed by atoms with Gasteiger partial charge in [-0.3, -0.25) is 9.59 Å². The number of carboxylic acids is 1. The average Bonchev–Trinajstić information content (AvgIpc) is 3.91. The molecule has 4 heterocycles. The molecule has 3 aromatic rings. The summed E-state index contributed by atoms with van der Waals surface area (Å²) in [6.07, 6.45) is 9.07. The fourth-order valence-corrected chi connectivity index (χ4v) is 9.65. The van der Waals surface area contributed by atoms with E-state index >= 15 is 0 Å². The van der Waals surface area contributed by atoms with Gasteiger partial charge in [-0.2, -0.15) is 0 Å². The third-order valence-electron chi connectivity index (χ3n) is 12.2. The van der Waals surface area contributed by atoms with Gasteiger partial charge in [0.2, 0.25) is 11.8 Å². The summed E-state index contributed by atoms with van der Waals surface area (Å²) in [6.45, 7) is 9.81. The summed E-state index contributed by atoms with van der Waals surface area (Å²) in [4.78, 5) is 65.9. The molecule has 0 radical (unpaired) electrons. The second-order valence-electron chi connectivity index (χ2n) is 17.3. The standard InChI is InChI=1S/C42H52N6O8S/c1-5-23-20-42(23,38(51)52)47-36(49)31-18-26(21-48(31)37(50)35(41(2,3)4)46-40(53)56-25-12-8-9-13-25)55-33-19-29(30-22-57-39(45-30)43-24-10-6-7-11-24)44-34-27(33)14-15-32-28(34)16-17-54-32/h5,14-15,19,22-26,31,35H,1,6-13,16-18,20-21H2,2-4H3,(H,43,45)(H,46,53)(H,47,49)(H,51,52)/t23-,26-,31+,35-,42-/m1/s1. The van der Waals surface area contributed by atoms with Crippen LogP contribution in [0.4, 0.5) is 9.93 Å². The molecule has 4 N–H and O–H groups in total. The number of rotatable bonds is 12. The van der Waals surface area contributed by atoms with Gasteiger partial charge in [0.25, 0.3) is 0 Å². The number of aromatic nitrogens is 2. The molecule has 3 saturated carbocycles. The summed E-state index contributed by atoms with van der Waals surface area (Å²) in [7, 11) is 0. The minimum atomic E-state index is -1.50. The topological polar surface area (TPSA) is 181 Å². The molecule has 3 aliphatic carbocycles. The van der Waals surface area contributed by atoms with Crippen LogP contribution in [0.5, 0.6) is 11.5 Å². The van der Waals surface area contributed by atoms with Crippen LogP contribution in [0.1, 0.15) is 90.5 Å². The number of nitrogens with one attached hydrogen (secondary N) is 3. The molecule has 14 nitrogen and oxygen atoms in total. The first kappa shape index (κ1) is 38.9. The number of fused-ring (bicyclic) bond motifs is 3. The fraction of sp³-hybridized carbons (Fsp3) is 0.571. The number of carbonyl (C=O) groups is 4. The molecular weight excluding hydrogens is 749 g/mol. The van der Waals surface area contributed by atoms with Gasteiger partial charge in [0, 0.05) is 47.2 Å². The lowest BCUT2D eigenvalue weighted by atomic mass is 9.85. The first-order chi connectivity index (χ1) is 27.3. The van der Waals surface area contributed by atoms with Gasteiger partial charge in [-0.1, -0.05) is 39.7 Å². The average molecular weight is 801 g/mol. The molecule has 2 aromatic heterocycles. The third-order valence-corrected chi connectivity index (χ3v) is 13.0. The van der Waals surface area contributed by atoms with Crippen molar-refractivity contribution >= 4 is 51.2 Å². The highest BCUT2D eigenvalue weighted by molar-refractivity contribution is 7.14. The van der Waals surface area contributed by atoms with Gasteiger partial charge in [-0.25, -0.2) is 19.6 Å². The summed E-state index contributed by atoms with van der Waals surface area (Å²) in [5.74, 6) is -1.42. The molecule has 0 bridgehead atoms. The Morgan fingerprint density at radius 1 is 1.07 bits per heavy atom. The molecule has 15 heteroatoms. The first-order valence-corrected chi connectivity index (χ1v) is 21.1. The van der Waals surface area contributed by atoms with E-state index in [2.05, 4.69) is 22.5 Å². The number of thiazole rings is 1. The number of amides is 3. The van der Waals surface area contributed by atoms with E-state index in [0.717, 1.165) is 65.9 Å². The Morgan fingerprint density at radius 2 is 1.82 bits per heavy atom.